The van der Waals surface area contributed by atoms with Crippen LogP contribution in [-0.2, 0) is 0 Å². The zero-order valence-electron chi connectivity index (χ0n) is 8.50. The van der Waals surface area contributed by atoms with Crippen molar-refractivity contribution in [2.24, 2.45) is 0 Å². The minimum absolute atomic E-state index is 0.204. The molecule has 3 nitrogen and oxygen atoms in total. The Balaban J connectivity index is 2.81. The first-order valence-electron chi connectivity index (χ1n) is 4.70. The van der Waals surface area contributed by atoms with Gasteiger partial charge in [-0.1, -0.05) is 0 Å². The second-order valence-corrected chi connectivity index (χ2v) is 3.82. The average molecular weight is 265 g/mol. The molecule has 1 heterocycles. The highest BCUT2D eigenvalue weighted by Gasteiger charge is 2.15. The largest absolute Gasteiger partial charge is 0.336 e. The van der Waals surface area contributed by atoms with E-state index in [1.165, 1.54) is 11.1 Å². The predicted molar refractivity (Wildman–Crippen MR) is 61.5 cm³/mol. The number of carbonyl (C=O) groups excluding carboxylic acids is 1. The third-order valence-electron chi connectivity index (χ3n) is 1.95. The standard InChI is InChI=1S/C10H11Cl2FN2O/c11-1-3-15(4-2-12)10(16)8-5-9(13)7-14-6-8/h5-7H,1-4H2. The molecule has 0 fully saturated rings. The Morgan fingerprint density at radius 3 is 2.44 bits per heavy atom. The van der Waals surface area contributed by atoms with Crippen LogP contribution in [-0.4, -0.2) is 40.6 Å². The average Bonchev–Trinajstić information content (AvgIpc) is 2.28. The van der Waals surface area contributed by atoms with E-state index >= 15 is 0 Å². The summed E-state index contributed by atoms with van der Waals surface area (Å²) in [6.45, 7) is 0.757. The Hall–Kier alpha value is -0.870. The van der Waals surface area contributed by atoms with Crippen molar-refractivity contribution in [2.45, 2.75) is 0 Å². The summed E-state index contributed by atoms with van der Waals surface area (Å²) >= 11 is 11.1. The molecule has 0 spiro atoms. The Bertz CT molecular complexity index is 356. The molecule has 0 bridgehead atoms. The van der Waals surface area contributed by atoms with Crippen molar-refractivity contribution >= 4 is 29.1 Å². The zero-order valence-corrected chi connectivity index (χ0v) is 10.0. The molecule has 0 saturated carbocycles. The van der Waals surface area contributed by atoms with Crippen molar-refractivity contribution in [3.8, 4) is 0 Å². The molecule has 1 amide bonds. The second-order valence-electron chi connectivity index (χ2n) is 3.06. The number of aromatic nitrogens is 1. The first-order valence-corrected chi connectivity index (χ1v) is 5.77. The Labute approximate surface area is 103 Å². The highest BCUT2D eigenvalue weighted by Crippen LogP contribution is 2.06. The topological polar surface area (TPSA) is 33.2 Å². The fourth-order valence-electron chi connectivity index (χ4n) is 1.23. The van der Waals surface area contributed by atoms with E-state index in [0.29, 0.717) is 24.8 Å². The van der Waals surface area contributed by atoms with Crippen LogP contribution in [0.1, 0.15) is 10.4 Å². The number of hydrogen-bond acceptors (Lipinski definition) is 2. The fraction of sp³-hybridized carbons (Fsp3) is 0.400. The van der Waals surface area contributed by atoms with Crippen LogP contribution in [0.2, 0.25) is 0 Å². The molecule has 0 N–H and O–H groups in total. The smallest absolute Gasteiger partial charge is 0.255 e. The summed E-state index contributed by atoms with van der Waals surface area (Å²) in [4.78, 5) is 17.0. The lowest BCUT2D eigenvalue weighted by Crippen LogP contribution is -2.34. The third kappa shape index (κ3) is 3.61. The van der Waals surface area contributed by atoms with Gasteiger partial charge in [0.05, 0.1) is 11.8 Å². The van der Waals surface area contributed by atoms with Crippen LogP contribution in [0.4, 0.5) is 4.39 Å². The SMILES string of the molecule is O=C(c1cncc(F)c1)N(CCCl)CCCl. The summed E-state index contributed by atoms with van der Waals surface area (Å²) in [5, 5.41) is 0. The van der Waals surface area contributed by atoms with Gasteiger partial charge in [0.15, 0.2) is 0 Å². The minimum atomic E-state index is -0.539. The van der Waals surface area contributed by atoms with Gasteiger partial charge < -0.3 is 4.90 Å². The summed E-state index contributed by atoms with van der Waals surface area (Å²) in [6, 6.07) is 1.14. The van der Waals surface area contributed by atoms with Gasteiger partial charge in [0.2, 0.25) is 0 Å². The number of carbonyl (C=O) groups is 1. The van der Waals surface area contributed by atoms with Gasteiger partial charge in [-0.3, -0.25) is 9.78 Å². The van der Waals surface area contributed by atoms with Gasteiger partial charge in [0.1, 0.15) is 5.82 Å². The maximum Gasteiger partial charge on any atom is 0.255 e. The van der Waals surface area contributed by atoms with Crippen molar-refractivity contribution < 1.29 is 9.18 Å². The van der Waals surface area contributed by atoms with Crippen LogP contribution in [0, 0.1) is 5.82 Å². The molecule has 16 heavy (non-hydrogen) atoms. The molecular formula is C10H11Cl2FN2O. The summed E-state index contributed by atoms with van der Waals surface area (Å²) < 4.78 is 12.9. The lowest BCUT2D eigenvalue weighted by Gasteiger charge is -2.20. The number of halogens is 3. The fourth-order valence-corrected chi connectivity index (χ4v) is 1.64. The van der Waals surface area contributed by atoms with Crippen LogP contribution >= 0.6 is 23.2 Å². The van der Waals surface area contributed by atoms with Crippen molar-refractivity contribution in [1.29, 1.82) is 0 Å². The number of hydrogen-bond donors (Lipinski definition) is 0. The van der Waals surface area contributed by atoms with E-state index < -0.39 is 5.82 Å². The number of alkyl halides is 2. The zero-order chi connectivity index (χ0) is 12.0. The molecule has 0 unspecified atom stereocenters. The third-order valence-corrected chi connectivity index (χ3v) is 2.29. The molecule has 6 heteroatoms. The molecular weight excluding hydrogens is 254 g/mol. The lowest BCUT2D eigenvalue weighted by molar-refractivity contribution is 0.0774. The van der Waals surface area contributed by atoms with Gasteiger partial charge in [-0.05, 0) is 6.07 Å². The number of pyridine rings is 1. The van der Waals surface area contributed by atoms with Crippen LogP contribution in [0.5, 0.6) is 0 Å². The van der Waals surface area contributed by atoms with Crippen LogP contribution in [0.3, 0.4) is 0 Å². The Morgan fingerprint density at radius 1 is 1.31 bits per heavy atom. The Morgan fingerprint density at radius 2 is 1.94 bits per heavy atom. The first-order chi connectivity index (χ1) is 7.69. The van der Waals surface area contributed by atoms with E-state index in [1.54, 1.807) is 0 Å². The van der Waals surface area contributed by atoms with E-state index in [2.05, 4.69) is 4.98 Å². The van der Waals surface area contributed by atoms with Crippen LogP contribution in [0.25, 0.3) is 0 Å². The van der Waals surface area contributed by atoms with E-state index in [0.717, 1.165) is 12.3 Å². The van der Waals surface area contributed by atoms with Crippen molar-refractivity contribution in [3.63, 3.8) is 0 Å². The van der Waals surface area contributed by atoms with E-state index in [4.69, 9.17) is 23.2 Å². The molecule has 0 radical (unpaired) electrons. The lowest BCUT2D eigenvalue weighted by atomic mass is 10.2. The van der Waals surface area contributed by atoms with Gasteiger partial charge in [0, 0.05) is 31.0 Å². The van der Waals surface area contributed by atoms with Gasteiger partial charge >= 0.3 is 0 Å². The van der Waals surface area contributed by atoms with Crippen LogP contribution < -0.4 is 0 Å². The molecule has 0 atom stereocenters. The van der Waals surface area contributed by atoms with Crippen molar-refractivity contribution in [3.05, 3.63) is 29.8 Å². The maximum absolute atomic E-state index is 12.9. The number of nitrogens with zero attached hydrogens (tertiary/aromatic N) is 2. The molecule has 88 valence electrons. The van der Waals surface area contributed by atoms with Crippen molar-refractivity contribution in [2.75, 3.05) is 24.8 Å². The molecule has 1 aromatic rings. The molecule has 0 aliphatic carbocycles. The highest BCUT2D eigenvalue weighted by molar-refractivity contribution is 6.18. The van der Waals surface area contributed by atoms with Gasteiger partial charge in [0.25, 0.3) is 5.91 Å². The quantitative estimate of drug-likeness (QED) is 0.764. The number of rotatable bonds is 5. The van der Waals surface area contributed by atoms with Gasteiger partial charge in [-0.25, -0.2) is 4.39 Å². The molecule has 0 saturated heterocycles. The maximum atomic E-state index is 12.9. The molecule has 0 aliphatic heterocycles. The van der Waals surface area contributed by atoms with E-state index in [1.807, 2.05) is 0 Å². The van der Waals surface area contributed by atoms with Crippen molar-refractivity contribution in [1.82, 2.24) is 9.88 Å². The Kier molecular flexibility index (Phi) is 5.49. The van der Waals surface area contributed by atoms with Gasteiger partial charge in [-0.15, -0.1) is 23.2 Å². The monoisotopic (exact) mass is 264 g/mol. The molecule has 1 aromatic heterocycles. The normalized spacial score (nSPS) is 10.2. The summed E-state index contributed by atoms with van der Waals surface area (Å²) in [6.07, 6.45) is 2.37. The minimum Gasteiger partial charge on any atom is -0.336 e. The highest BCUT2D eigenvalue weighted by atomic mass is 35.5. The summed E-state index contributed by atoms with van der Waals surface area (Å²) in [5.41, 5.74) is 0.204. The molecule has 0 aromatic carbocycles. The van der Waals surface area contributed by atoms with Crippen LogP contribution in [0.15, 0.2) is 18.5 Å². The summed E-state index contributed by atoms with van der Waals surface area (Å²) in [5.74, 6) is -0.229. The van der Waals surface area contributed by atoms with E-state index in [-0.39, 0.29) is 11.5 Å². The first kappa shape index (κ1) is 13.2. The molecule has 1 rings (SSSR count). The summed E-state index contributed by atoms with van der Waals surface area (Å²) in [7, 11) is 0. The van der Waals surface area contributed by atoms with E-state index in [9.17, 15) is 9.18 Å². The second kappa shape index (κ2) is 6.66. The molecule has 0 aliphatic rings. The predicted octanol–water partition coefficient (Wildman–Crippen LogP) is 2.14. The number of amides is 1. The van der Waals surface area contributed by atoms with Gasteiger partial charge in [-0.2, -0.15) is 0 Å².